The molecule has 0 fully saturated rings. The van der Waals surface area contributed by atoms with Crippen molar-refractivity contribution >= 4 is 0 Å². The topological polar surface area (TPSA) is 56.3 Å². The molecular formula is C16H21N3O2. The first-order chi connectivity index (χ1) is 10.3. The normalized spacial score (nSPS) is 12.0. The van der Waals surface area contributed by atoms with Gasteiger partial charge < -0.3 is 14.8 Å². The lowest BCUT2D eigenvalue weighted by Crippen LogP contribution is -2.24. The van der Waals surface area contributed by atoms with Crippen LogP contribution in [-0.2, 0) is 6.42 Å². The third-order valence-corrected chi connectivity index (χ3v) is 3.29. The summed E-state index contributed by atoms with van der Waals surface area (Å²) in [7, 11) is 3.27. The molecule has 0 saturated heterocycles. The lowest BCUT2D eigenvalue weighted by atomic mass is 10.0. The van der Waals surface area contributed by atoms with E-state index >= 15 is 0 Å². The maximum atomic E-state index is 5.41. The van der Waals surface area contributed by atoms with E-state index in [1.54, 1.807) is 14.2 Å². The molecule has 1 aromatic heterocycles. The van der Waals surface area contributed by atoms with E-state index in [-0.39, 0.29) is 6.04 Å². The molecule has 0 aliphatic heterocycles. The van der Waals surface area contributed by atoms with Crippen molar-refractivity contribution in [1.82, 2.24) is 15.5 Å². The second-order valence-electron chi connectivity index (χ2n) is 4.63. The molecule has 5 heteroatoms. The van der Waals surface area contributed by atoms with E-state index in [2.05, 4.69) is 28.5 Å². The largest absolute Gasteiger partial charge is 0.496 e. The van der Waals surface area contributed by atoms with Gasteiger partial charge in [0.15, 0.2) is 0 Å². The predicted octanol–water partition coefficient (Wildman–Crippen LogP) is 2.39. The highest BCUT2D eigenvalue weighted by Gasteiger charge is 2.15. The molecule has 2 aromatic rings. The van der Waals surface area contributed by atoms with Crippen molar-refractivity contribution in [1.29, 1.82) is 0 Å². The minimum Gasteiger partial charge on any atom is -0.496 e. The van der Waals surface area contributed by atoms with Crippen LogP contribution < -0.4 is 14.8 Å². The maximum absolute atomic E-state index is 5.41. The Balaban J connectivity index is 2.21. The Morgan fingerprint density at radius 1 is 1.05 bits per heavy atom. The standard InChI is InChI=1S/C16H21N3O2/c1-4-17-14(13-9-10-16(21-3)19-18-13)11-12-7-5-6-8-15(12)20-2/h5-10,14,17H,4,11H2,1-3H3. The lowest BCUT2D eigenvalue weighted by Gasteiger charge is -2.18. The predicted molar refractivity (Wildman–Crippen MR) is 81.7 cm³/mol. The molecule has 0 aliphatic carbocycles. The minimum atomic E-state index is 0.0877. The average Bonchev–Trinajstić information content (AvgIpc) is 2.55. The monoisotopic (exact) mass is 287 g/mol. The number of methoxy groups -OCH3 is 2. The summed E-state index contributed by atoms with van der Waals surface area (Å²) in [6.45, 7) is 2.93. The lowest BCUT2D eigenvalue weighted by molar-refractivity contribution is 0.388. The Hall–Kier alpha value is -2.14. The van der Waals surface area contributed by atoms with E-state index in [4.69, 9.17) is 9.47 Å². The molecule has 1 unspecified atom stereocenters. The number of nitrogens with one attached hydrogen (secondary N) is 1. The molecule has 0 saturated carbocycles. The fourth-order valence-electron chi connectivity index (χ4n) is 2.24. The van der Waals surface area contributed by atoms with Gasteiger partial charge in [-0.2, -0.15) is 5.10 Å². The van der Waals surface area contributed by atoms with Gasteiger partial charge in [0.05, 0.1) is 26.0 Å². The summed E-state index contributed by atoms with van der Waals surface area (Å²) in [5, 5.41) is 11.7. The number of aromatic nitrogens is 2. The summed E-state index contributed by atoms with van der Waals surface area (Å²) in [4.78, 5) is 0. The number of benzene rings is 1. The summed E-state index contributed by atoms with van der Waals surface area (Å²) in [5.74, 6) is 1.41. The van der Waals surface area contributed by atoms with Gasteiger partial charge >= 0.3 is 0 Å². The second-order valence-corrected chi connectivity index (χ2v) is 4.63. The number of hydrogen-bond acceptors (Lipinski definition) is 5. The summed E-state index contributed by atoms with van der Waals surface area (Å²) >= 11 is 0. The van der Waals surface area contributed by atoms with Crippen LogP contribution >= 0.6 is 0 Å². The molecule has 112 valence electrons. The van der Waals surface area contributed by atoms with Crippen molar-refractivity contribution in [3.63, 3.8) is 0 Å². The van der Waals surface area contributed by atoms with E-state index in [1.165, 1.54) is 0 Å². The van der Waals surface area contributed by atoms with Crippen molar-refractivity contribution in [2.45, 2.75) is 19.4 Å². The van der Waals surface area contributed by atoms with Crippen molar-refractivity contribution in [2.75, 3.05) is 20.8 Å². The van der Waals surface area contributed by atoms with Crippen LogP contribution in [0, 0.1) is 0 Å². The van der Waals surface area contributed by atoms with Crippen LogP contribution in [-0.4, -0.2) is 31.0 Å². The number of hydrogen-bond donors (Lipinski definition) is 1. The minimum absolute atomic E-state index is 0.0877. The molecular weight excluding hydrogens is 266 g/mol. The molecule has 1 atom stereocenters. The van der Waals surface area contributed by atoms with Crippen LogP contribution in [0.15, 0.2) is 36.4 Å². The molecule has 0 spiro atoms. The van der Waals surface area contributed by atoms with Gasteiger partial charge in [-0.25, -0.2) is 0 Å². The van der Waals surface area contributed by atoms with Crippen molar-refractivity contribution < 1.29 is 9.47 Å². The Bertz CT molecular complexity index is 558. The number of para-hydroxylation sites is 1. The zero-order valence-electron chi connectivity index (χ0n) is 12.7. The van der Waals surface area contributed by atoms with Gasteiger partial charge in [-0.1, -0.05) is 25.1 Å². The molecule has 0 amide bonds. The Morgan fingerprint density at radius 2 is 1.86 bits per heavy atom. The van der Waals surface area contributed by atoms with E-state index in [0.717, 1.165) is 30.0 Å². The first-order valence-electron chi connectivity index (χ1n) is 7.01. The highest BCUT2D eigenvalue weighted by atomic mass is 16.5. The molecule has 21 heavy (non-hydrogen) atoms. The van der Waals surface area contributed by atoms with Crippen LogP contribution in [0.5, 0.6) is 11.6 Å². The SMILES string of the molecule is CCNC(Cc1ccccc1OC)c1ccc(OC)nn1. The van der Waals surface area contributed by atoms with E-state index in [1.807, 2.05) is 30.3 Å². The zero-order chi connectivity index (χ0) is 15.1. The quantitative estimate of drug-likeness (QED) is 0.847. The highest BCUT2D eigenvalue weighted by molar-refractivity contribution is 5.34. The molecule has 2 rings (SSSR count). The number of rotatable bonds is 7. The molecule has 1 aromatic carbocycles. The first kappa shape index (κ1) is 15.3. The van der Waals surface area contributed by atoms with Crippen molar-refractivity contribution in [3.8, 4) is 11.6 Å². The number of ether oxygens (including phenoxy) is 2. The number of likely N-dealkylation sites (N-methyl/N-ethyl adjacent to an activating group) is 1. The third kappa shape index (κ3) is 3.92. The first-order valence-corrected chi connectivity index (χ1v) is 7.01. The summed E-state index contributed by atoms with van der Waals surface area (Å²) < 4.78 is 10.5. The Labute approximate surface area is 125 Å². The fraction of sp³-hybridized carbons (Fsp3) is 0.375. The van der Waals surface area contributed by atoms with Crippen LogP contribution in [0.3, 0.4) is 0 Å². The third-order valence-electron chi connectivity index (χ3n) is 3.29. The average molecular weight is 287 g/mol. The smallest absolute Gasteiger partial charge is 0.233 e. The highest BCUT2D eigenvalue weighted by Crippen LogP contribution is 2.24. The molecule has 1 N–H and O–H groups in total. The van der Waals surface area contributed by atoms with Crippen LogP contribution in [0.4, 0.5) is 0 Å². The van der Waals surface area contributed by atoms with Crippen molar-refractivity contribution in [2.24, 2.45) is 0 Å². The van der Waals surface area contributed by atoms with Crippen LogP contribution in [0.2, 0.25) is 0 Å². The van der Waals surface area contributed by atoms with Gasteiger partial charge in [0.1, 0.15) is 5.75 Å². The summed E-state index contributed by atoms with van der Waals surface area (Å²) in [5.41, 5.74) is 2.03. The second kappa shape index (κ2) is 7.59. The van der Waals surface area contributed by atoms with Gasteiger partial charge in [0.2, 0.25) is 5.88 Å². The van der Waals surface area contributed by atoms with Crippen molar-refractivity contribution in [3.05, 3.63) is 47.7 Å². The van der Waals surface area contributed by atoms with Gasteiger partial charge in [-0.3, -0.25) is 0 Å². The Morgan fingerprint density at radius 3 is 2.48 bits per heavy atom. The fourth-order valence-corrected chi connectivity index (χ4v) is 2.24. The maximum Gasteiger partial charge on any atom is 0.233 e. The van der Waals surface area contributed by atoms with Gasteiger partial charge in [-0.05, 0) is 30.7 Å². The van der Waals surface area contributed by atoms with Crippen LogP contribution in [0.1, 0.15) is 24.2 Å². The zero-order valence-corrected chi connectivity index (χ0v) is 12.7. The summed E-state index contributed by atoms with van der Waals surface area (Å²) in [6.07, 6.45) is 0.791. The molecule has 5 nitrogen and oxygen atoms in total. The van der Waals surface area contributed by atoms with E-state index in [0.29, 0.717) is 5.88 Å². The van der Waals surface area contributed by atoms with Gasteiger partial charge in [0, 0.05) is 6.07 Å². The van der Waals surface area contributed by atoms with E-state index in [9.17, 15) is 0 Å². The van der Waals surface area contributed by atoms with Crippen LogP contribution in [0.25, 0.3) is 0 Å². The summed E-state index contributed by atoms with van der Waals surface area (Å²) in [6, 6.07) is 11.9. The van der Waals surface area contributed by atoms with Gasteiger partial charge in [-0.15, -0.1) is 5.10 Å². The Kier molecular flexibility index (Phi) is 5.51. The molecule has 0 bridgehead atoms. The van der Waals surface area contributed by atoms with E-state index < -0.39 is 0 Å². The molecule has 1 heterocycles. The van der Waals surface area contributed by atoms with Gasteiger partial charge in [0.25, 0.3) is 0 Å². The number of nitrogens with zero attached hydrogens (tertiary/aromatic N) is 2. The molecule has 0 radical (unpaired) electrons. The molecule has 0 aliphatic rings.